The molecule has 0 radical (unpaired) electrons. The number of para-hydroxylation sites is 1. The summed E-state index contributed by atoms with van der Waals surface area (Å²) in [5.41, 5.74) is 2.24. The maximum absolute atomic E-state index is 14.9. The number of fused-ring (bicyclic) bond motifs is 1. The van der Waals surface area contributed by atoms with Crippen LogP contribution in [-0.2, 0) is 32.1 Å². The molecule has 1 unspecified atom stereocenters. The van der Waals surface area contributed by atoms with Gasteiger partial charge in [0.15, 0.2) is 0 Å². The van der Waals surface area contributed by atoms with Gasteiger partial charge in [0.2, 0.25) is 10.0 Å². The highest BCUT2D eigenvalue weighted by Gasteiger charge is 2.51. The highest BCUT2D eigenvalue weighted by Crippen LogP contribution is 2.49. The molecule has 0 N–H and O–H groups in total. The maximum Gasteiger partial charge on any atom is 0.418 e. The SMILES string of the molecule is O=S(=O)(N1CCOCC1)C1(c2c(Cc3ccccc3)cnc3c(C(F)(F)F)cccc23)C=CC=C(c2ccccc2)C1. The van der Waals surface area contributed by atoms with Crippen LogP contribution in [0.5, 0.6) is 0 Å². The fourth-order valence-electron chi connectivity index (χ4n) is 6.01. The Morgan fingerprint density at radius 2 is 1.60 bits per heavy atom. The van der Waals surface area contributed by atoms with Gasteiger partial charge >= 0.3 is 6.18 Å². The van der Waals surface area contributed by atoms with E-state index in [-0.39, 0.29) is 43.6 Å². The van der Waals surface area contributed by atoms with E-state index < -0.39 is 26.5 Å². The first-order valence-corrected chi connectivity index (χ1v) is 15.2. The van der Waals surface area contributed by atoms with Crippen molar-refractivity contribution in [2.45, 2.75) is 23.8 Å². The summed E-state index contributed by atoms with van der Waals surface area (Å²) in [6, 6.07) is 22.8. The van der Waals surface area contributed by atoms with Gasteiger partial charge in [-0.1, -0.05) is 91.0 Å². The first kappa shape index (κ1) is 28.3. The van der Waals surface area contributed by atoms with Crippen molar-refractivity contribution < 1.29 is 26.3 Å². The van der Waals surface area contributed by atoms with Crippen molar-refractivity contribution in [1.29, 1.82) is 0 Å². The molecule has 0 saturated carbocycles. The number of ether oxygens (including phenoxy) is 1. The molecular formula is C33H29F3N2O3S. The fourth-order valence-corrected chi connectivity index (χ4v) is 8.19. The highest BCUT2D eigenvalue weighted by molar-refractivity contribution is 7.90. The van der Waals surface area contributed by atoms with E-state index in [4.69, 9.17) is 4.74 Å². The van der Waals surface area contributed by atoms with E-state index in [1.165, 1.54) is 16.6 Å². The maximum atomic E-state index is 14.9. The standard InChI is InChI=1S/C33H29F3N2O3S/c34-33(35,36)29-15-7-14-28-30(27(23-37-31(28)29)21-24-9-3-1-4-10-24)32(42(39,40)38-17-19-41-20-18-38)16-8-13-26(22-32)25-11-5-2-6-12-25/h1-16,23H,17-22H2. The lowest BCUT2D eigenvalue weighted by Crippen LogP contribution is -2.50. The van der Waals surface area contributed by atoms with Gasteiger partial charge in [0.05, 0.1) is 24.3 Å². The van der Waals surface area contributed by atoms with Crippen LogP contribution in [0, 0.1) is 0 Å². The van der Waals surface area contributed by atoms with E-state index in [0.717, 1.165) is 22.8 Å². The molecule has 1 aliphatic carbocycles. The van der Waals surface area contributed by atoms with E-state index in [9.17, 15) is 21.6 Å². The van der Waals surface area contributed by atoms with Gasteiger partial charge in [0, 0.05) is 31.1 Å². The van der Waals surface area contributed by atoms with Crippen LogP contribution in [0.15, 0.2) is 103 Å². The molecule has 1 aromatic heterocycles. The topological polar surface area (TPSA) is 59.5 Å². The van der Waals surface area contributed by atoms with Crippen molar-refractivity contribution in [3.05, 3.63) is 131 Å². The van der Waals surface area contributed by atoms with Crippen molar-refractivity contribution in [2.75, 3.05) is 26.3 Å². The molecule has 5 nitrogen and oxygen atoms in total. The van der Waals surface area contributed by atoms with Crippen LogP contribution in [0.3, 0.4) is 0 Å². The Kier molecular flexibility index (Phi) is 7.51. The molecule has 216 valence electrons. The molecule has 1 aliphatic heterocycles. The van der Waals surface area contributed by atoms with E-state index in [1.54, 1.807) is 18.2 Å². The summed E-state index contributed by atoms with van der Waals surface area (Å²) in [6.45, 7) is 0.805. The molecule has 1 fully saturated rings. The summed E-state index contributed by atoms with van der Waals surface area (Å²) in [7, 11) is -4.18. The Morgan fingerprint density at radius 3 is 2.29 bits per heavy atom. The number of nitrogens with zero attached hydrogens (tertiary/aromatic N) is 2. The van der Waals surface area contributed by atoms with Crippen LogP contribution >= 0.6 is 0 Å². The zero-order valence-electron chi connectivity index (χ0n) is 22.7. The fraction of sp³-hybridized carbons (Fsp3) is 0.242. The van der Waals surface area contributed by atoms with E-state index in [2.05, 4.69) is 4.98 Å². The molecule has 1 atom stereocenters. The summed E-state index contributed by atoms with van der Waals surface area (Å²) in [6.07, 6.45) is 2.34. The third-order valence-electron chi connectivity index (χ3n) is 7.97. The van der Waals surface area contributed by atoms with Gasteiger partial charge in [-0.2, -0.15) is 17.5 Å². The number of benzene rings is 3. The van der Waals surface area contributed by atoms with Gasteiger partial charge in [-0.15, -0.1) is 0 Å². The van der Waals surface area contributed by atoms with Crippen molar-refractivity contribution >= 4 is 26.5 Å². The Hall–Kier alpha value is -3.79. The second-order valence-corrected chi connectivity index (χ2v) is 12.7. The van der Waals surface area contributed by atoms with Crippen LogP contribution in [0.2, 0.25) is 0 Å². The molecule has 2 aliphatic rings. The molecule has 0 bridgehead atoms. The number of allylic oxidation sites excluding steroid dienone is 3. The Balaban J connectivity index is 1.67. The van der Waals surface area contributed by atoms with Crippen molar-refractivity contribution in [3.8, 4) is 0 Å². The first-order valence-electron chi connectivity index (χ1n) is 13.7. The van der Waals surface area contributed by atoms with Crippen LogP contribution < -0.4 is 0 Å². The number of halogens is 3. The van der Waals surface area contributed by atoms with Crippen molar-refractivity contribution in [1.82, 2.24) is 9.29 Å². The second kappa shape index (κ2) is 11.1. The van der Waals surface area contributed by atoms with Crippen LogP contribution in [0.4, 0.5) is 13.2 Å². The first-order chi connectivity index (χ1) is 20.2. The summed E-state index contributed by atoms with van der Waals surface area (Å²) < 4.78 is 77.7. The molecule has 42 heavy (non-hydrogen) atoms. The van der Waals surface area contributed by atoms with Gasteiger partial charge in [-0.05, 0) is 40.3 Å². The molecule has 2 heterocycles. The summed E-state index contributed by atoms with van der Waals surface area (Å²) >= 11 is 0. The zero-order chi connectivity index (χ0) is 29.4. The van der Waals surface area contributed by atoms with Crippen molar-refractivity contribution in [2.24, 2.45) is 0 Å². The lowest BCUT2D eigenvalue weighted by atomic mass is 9.80. The zero-order valence-corrected chi connectivity index (χ0v) is 23.5. The minimum atomic E-state index is -4.67. The minimum absolute atomic E-state index is 0.0460. The van der Waals surface area contributed by atoms with Gasteiger partial charge in [0.1, 0.15) is 4.75 Å². The summed E-state index contributed by atoms with van der Waals surface area (Å²) in [5.74, 6) is 0. The monoisotopic (exact) mass is 590 g/mol. The Labute approximate surface area is 243 Å². The second-order valence-electron chi connectivity index (χ2n) is 10.5. The average molecular weight is 591 g/mol. The molecule has 4 aromatic rings. The predicted octanol–water partition coefficient (Wildman–Crippen LogP) is 6.75. The molecular weight excluding hydrogens is 561 g/mol. The van der Waals surface area contributed by atoms with E-state index in [0.29, 0.717) is 17.5 Å². The lowest BCUT2D eigenvalue weighted by Gasteiger charge is -2.41. The van der Waals surface area contributed by atoms with Crippen LogP contribution in [0.25, 0.3) is 16.5 Å². The lowest BCUT2D eigenvalue weighted by molar-refractivity contribution is -0.136. The number of aromatic nitrogens is 1. The molecule has 3 aromatic carbocycles. The minimum Gasteiger partial charge on any atom is -0.379 e. The van der Waals surface area contributed by atoms with E-state index >= 15 is 0 Å². The number of alkyl halides is 3. The molecule has 9 heteroatoms. The largest absolute Gasteiger partial charge is 0.418 e. The third kappa shape index (κ3) is 5.06. The number of rotatable bonds is 6. The number of hydrogen-bond donors (Lipinski definition) is 0. The normalized spacial score (nSPS) is 20.0. The van der Waals surface area contributed by atoms with Crippen LogP contribution in [-0.4, -0.2) is 44.0 Å². The highest BCUT2D eigenvalue weighted by atomic mass is 32.2. The van der Waals surface area contributed by atoms with E-state index in [1.807, 2.05) is 66.7 Å². The van der Waals surface area contributed by atoms with Gasteiger partial charge in [-0.25, -0.2) is 8.42 Å². The number of morpholine rings is 1. The number of pyridine rings is 1. The quantitative estimate of drug-likeness (QED) is 0.250. The summed E-state index contributed by atoms with van der Waals surface area (Å²) in [4.78, 5) is 4.31. The van der Waals surface area contributed by atoms with Gasteiger partial charge < -0.3 is 4.74 Å². The third-order valence-corrected chi connectivity index (χ3v) is 10.4. The Morgan fingerprint density at radius 1 is 0.905 bits per heavy atom. The number of hydrogen-bond acceptors (Lipinski definition) is 4. The predicted molar refractivity (Wildman–Crippen MR) is 157 cm³/mol. The Bertz CT molecular complexity index is 1770. The number of sulfonamides is 1. The van der Waals surface area contributed by atoms with Crippen LogP contribution in [0.1, 0.15) is 34.2 Å². The smallest absolute Gasteiger partial charge is 0.379 e. The molecule has 0 spiro atoms. The molecule has 0 amide bonds. The molecule has 1 saturated heterocycles. The van der Waals surface area contributed by atoms with Gasteiger partial charge in [-0.3, -0.25) is 4.98 Å². The van der Waals surface area contributed by atoms with Crippen molar-refractivity contribution in [3.63, 3.8) is 0 Å². The summed E-state index contributed by atoms with van der Waals surface area (Å²) in [5, 5.41) is 0.175. The van der Waals surface area contributed by atoms with Gasteiger partial charge in [0.25, 0.3) is 0 Å². The average Bonchev–Trinajstić information content (AvgIpc) is 3.01. The molecule has 6 rings (SSSR count).